The molecule has 1 heterocycles. The molecule has 0 aromatic carbocycles. The van der Waals surface area contributed by atoms with Gasteiger partial charge < -0.3 is 0 Å². The van der Waals surface area contributed by atoms with Crippen LogP contribution < -0.4 is 0 Å². The number of hydrogen-bond acceptors (Lipinski definition) is 1. The predicted molar refractivity (Wildman–Crippen MR) is 44.0 cm³/mol. The Kier molecular flexibility index (Phi) is 2.86. The standard InChI is InChI=1S/C7H2Cl2N2/c8-3-1-6-5-10-11-7(6)2-4-9/h5H,(H,10,11). The van der Waals surface area contributed by atoms with E-state index in [9.17, 15) is 0 Å². The number of hydrogen-bond donors (Lipinski definition) is 1. The van der Waals surface area contributed by atoms with Crippen LogP contribution in [0.25, 0.3) is 0 Å². The molecule has 0 bridgehead atoms. The third kappa shape index (κ3) is 1.91. The third-order valence-corrected chi connectivity index (χ3v) is 1.18. The molecule has 0 aliphatic heterocycles. The van der Waals surface area contributed by atoms with Gasteiger partial charge in [0.15, 0.2) is 0 Å². The Morgan fingerprint density at radius 2 is 2.00 bits per heavy atom. The second-order valence-corrected chi connectivity index (χ2v) is 1.98. The van der Waals surface area contributed by atoms with Gasteiger partial charge in [0, 0.05) is 10.8 Å². The summed E-state index contributed by atoms with van der Waals surface area (Å²) < 4.78 is 0. The summed E-state index contributed by atoms with van der Waals surface area (Å²) in [6, 6.07) is 0. The molecule has 11 heavy (non-hydrogen) atoms. The smallest absolute Gasteiger partial charge is 0.124 e. The van der Waals surface area contributed by atoms with Gasteiger partial charge in [0.2, 0.25) is 0 Å². The molecule has 1 N–H and O–H groups in total. The first-order valence-corrected chi connectivity index (χ1v) is 3.40. The molecule has 1 aromatic rings. The molecule has 0 saturated carbocycles. The Morgan fingerprint density at radius 3 is 2.64 bits per heavy atom. The van der Waals surface area contributed by atoms with E-state index in [1.165, 1.54) is 6.20 Å². The number of aromatic amines is 1. The van der Waals surface area contributed by atoms with E-state index < -0.39 is 0 Å². The van der Waals surface area contributed by atoms with Gasteiger partial charge in [-0.2, -0.15) is 5.10 Å². The van der Waals surface area contributed by atoms with Gasteiger partial charge in [-0.15, -0.1) is 0 Å². The van der Waals surface area contributed by atoms with Crippen molar-refractivity contribution in [1.82, 2.24) is 10.2 Å². The van der Waals surface area contributed by atoms with Crippen molar-refractivity contribution in [1.29, 1.82) is 0 Å². The number of H-pyrrole nitrogens is 1. The van der Waals surface area contributed by atoms with Crippen molar-refractivity contribution < 1.29 is 0 Å². The molecule has 0 aliphatic rings. The molecule has 0 unspecified atom stereocenters. The second-order valence-electron chi connectivity index (χ2n) is 1.60. The molecule has 1 aromatic heterocycles. The number of nitrogens with zero attached hydrogens (tertiary/aromatic N) is 1. The van der Waals surface area contributed by atoms with E-state index in [1.807, 2.05) is 0 Å². The highest BCUT2D eigenvalue weighted by Gasteiger charge is 1.96. The highest BCUT2D eigenvalue weighted by Crippen LogP contribution is 2.00. The van der Waals surface area contributed by atoms with Crippen LogP contribution in [-0.2, 0) is 0 Å². The molecule has 0 aliphatic carbocycles. The van der Waals surface area contributed by atoms with Gasteiger partial charge in [0.05, 0.1) is 11.8 Å². The molecule has 4 heteroatoms. The molecule has 54 valence electrons. The summed E-state index contributed by atoms with van der Waals surface area (Å²) in [5.41, 5.74) is 1.22. The maximum absolute atomic E-state index is 5.18. The fourth-order valence-corrected chi connectivity index (χ4v) is 0.771. The summed E-state index contributed by atoms with van der Waals surface area (Å²) in [6.45, 7) is 0. The van der Waals surface area contributed by atoms with Crippen LogP contribution >= 0.6 is 23.2 Å². The van der Waals surface area contributed by atoms with Crippen LogP contribution in [0.4, 0.5) is 0 Å². The molecule has 1 rings (SSSR count). The number of nitrogens with one attached hydrogen (secondary N) is 1. The Labute approximate surface area is 73.9 Å². The van der Waals surface area contributed by atoms with Gasteiger partial charge in [-0.05, 0) is 35.0 Å². The molecule has 0 saturated heterocycles. The van der Waals surface area contributed by atoms with Crippen LogP contribution in [0.1, 0.15) is 11.3 Å². The van der Waals surface area contributed by atoms with E-state index in [2.05, 4.69) is 32.8 Å². The van der Waals surface area contributed by atoms with Gasteiger partial charge in [-0.25, -0.2) is 0 Å². The van der Waals surface area contributed by atoms with E-state index in [0.717, 1.165) is 0 Å². The lowest BCUT2D eigenvalue weighted by Gasteiger charge is -1.79. The third-order valence-electron chi connectivity index (χ3n) is 0.993. The number of rotatable bonds is 0. The molecule has 0 amide bonds. The molecular weight excluding hydrogens is 183 g/mol. The van der Waals surface area contributed by atoms with Gasteiger partial charge in [0.25, 0.3) is 0 Å². The Balaban J connectivity index is 3.09. The van der Waals surface area contributed by atoms with E-state index in [0.29, 0.717) is 11.3 Å². The minimum atomic E-state index is 0.577. The van der Waals surface area contributed by atoms with Crippen molar-refractivity contribution in [2.24, 2.45) is 0 Å². The minimum Gasteiger partial charge on any atom is -0.269 e. The van der Waals surface area contributed by atoms with Crippen molar-refractivity contribution in [3.05, 3.63) is 17.5 Å². The predicted octanol–water partition coefficient (Wildman–Crippen LogP) is 1.51. The average molecular weight is 185 g/mol. The zero-order valence-electron chi connectivity index (χ0n) is 5.28. The first kappa shape index (κ1) is 8.01. The van der Waals surface area contributed by atoms with Gasteiger partial charge in [0.1, 0.15) is 5.69 Å². The van der Waals surface area contributed by atoms with Crippen LogP contribution in [-0.4, -0.2) is 10.2 Å². The SMILES string of the molecule is ClC#Cc1cn[nH]c1C#CCl. The summed E-state index contributed by atoms with van der Waals surface area (Å²) >= 11 is 10.4. The van der Waals surface area contributed by atoms with Crippen LogP contribution in [0.5, 0.6) is 0 Å². The number of aromatic nitrogens is 2. The zero-order valence-corrected chi connectivity index (χ0v) is 6.79. The largest absolute Gasteiger partial charge is 0.269 e. The van der Waals surface area contributed by atoms with E-state index in [4.69, 9.17) is 23.2 Å². The molecular formula is C7H2Cl2N2. The lowest BCUT2D eigenvalue weighted by Crippen LogP contribution is -1.77. The van der Waals surface area contributed by atoms with Crippen LogP contribution in [0.2, 0.25) is 0 Å². The lowest BCUT2D eigenvalue weighted by atomic mass is 10.3. The summed E-state index contributed by atoms with van der Waals surface area (Å²) in [7, 11) is 0. The molecule has 0 fully saturated rings. The monoisotopic (exact) mass is 184 g/mol. The maximum atomic E-state index is 5.18. The Hall–Kier alpha value is -1.09. The topological polar surface area (TPSA) is 28.7 Å². The Bertz CT molecular complexity index is 325. The zero-order chi connectivity index (χ0) is 8.10. The van der Waals surface area contributed by atoms with Crippen LogP contribution in [0.15, 0.2) is 6.20 Å². The average Bonchev–Trinajstić information content (AvgIpc) is 2.39. The van der Waals surface area contributed by atoms with E-state index >= 15 is 0 Å². The Morgan fingerprint density at radius 1 is 1.27 bits per heavy atom. The van der Waals surface area contributed by atoms with E-state index in [-0.39, 0.29) is 0 Å². The van der Waals surface area contributed by atoms with Crippen molar-refractivity contribution >= 4 is 23.2 Å². The fourth-order valence-electron chi connectivity index (χ4n) is 0.574. The van der Waals surface area contributed by atoms with Gasteiger partial charge >= 0.3 is 0 Å². The highest BCUT2D eigenvalue weighted by molar-refractivity contribution is 6.30. The van der Waals surface area contributed by atoms with Crippen molar-refractivity contribution in [3.63, 3.8) is 0 Å². The van der Waals surface area contributed by atoms with Gasteiger partial charge in [-0.3, -0.25) is 5.10 Å². The van der Waals surface area contributed by atoms with Crippen LogP contribution in [0.3, 0.4) is 0 Å². The van der Waals surface area contributed by atoms with Crippen molar-refractivity contribution in [2.45, 2.75) is 0 Å². The summed E-state index contributed by atoms with van der Waals surface area (Å²) in [4.78, 5) is 0. The highest BCUT2D eigenvalue weighted by atomic mass is 35.5. The molecule has 2 nitrogen and oxygen atoms in total. The second kappa shape index (κ2) is 3.93. The fraction of sp³-hybridized carbons (Fsp3) is 0. The molecule has 0 atom stereocenters. The first-order chi connectivity index (χ1) is 5.38. The van der Waals surface area contributed by atoms with Crippen molar-refractivity contribution in [2.75, 3.05) is 0 Å². The minimum absolute atomic E-state index is 0.577. The molecule has 0 spiro atoms. The quantitative estimate of drug-likeness (QED) is 0.609. The van der Waals surface area contributed by atoms with Crippen molar-refractivity contribution in [3.8, 4) is 22.6 Å². The number of halogens is 2. The summed E-state index contributed by atoms with van der Waals surface area (Å²) in [5.74, 6) is 5.18. The normalized spacial score (nSPS) is 7.45. The summed E-state index contributed by atoms with van der Waals surface area (Å²) in [5, 5.41) is 10.8. The first-order valence-electron chi connectivity index (χ1n) is 2.65. The maximum Gasteiger partial charge on any atom is 0.124 e. The molecule has 0 radical (unpaired) electrons. The van der Waals surface area contributed by atoms with Gasteiger partial charge in [-0.1, -0.05) is 0 Å². The summed E-state index contributed by atoms with van der Waals surface area (Å²) in [6.07, 6.45) is 1.53. The van der Waals surface area contributed by atoms with E-state index in [1.54, 1.807) is 0 Å². The lowest BCUT2D eigenvalue weighted by molar-refractivity contribution is 1.08. The van der Waals surface area contributed by atoms with Crippen LogP contribution in [0, 0.1) is 22.6 Å².